The highest BCUT2D eigenvalue weighted by molar-refractivity contribution is 5.94. The van der Waals surface area contributed by atoms with E-state index in [1.807, 2.05) is 69.3 Å². The molecule has 0 saturated heterocycles. The van der Waals surface area contributed by atoms with E-state index >= 15 is 0 Å². The van der Waals surface area contributed by atoms with E-state index in [0.717, 1.165) is 16.8 Å². The maximum Gasteiger partial charge on any atom is 0.244 e. The standard InChI is InChI=1S/C20H24N2O2/c1-14-10-11-19(12-15(14)2)21-20(24)13-22(17(4)23)16(3)18-8-6-5-7-9-18/h5-12,16H,13H2,1-4H3,(H,21,24). The van der Waals surface area contributed by atoms with E-state index in [1.165, 1.54) is 12.5 Å². The minimum Gasteiger partial charge on any atom is -0.327 e. The third-order valence-corrected chi connectivity index (χ3v) is 4.26. The van der Waals surface area contributed by atoms with E-state index in [-0.39, 0.29) is 24.4 Å². The van der Waals surface area contributed by atoms with Gasteiger partial charge in [0.25, 0.3) is 0 Å². The molecule has 0 saturated carbocycles. The van der Waals surface area contributed by atoms with Crippen LogP contribution in [-0.2, 0) is 9.59 Å². The molecule has 4 nitrogen and oxygen atoms in total. The average Bonchev–Trinajstić information content (AvgIpc) is 2.56. The van der Waals surface area contributed by atoms with Crippen molar-refractivity contribution in [1.29, 1.82) is 0 Å². The molecule has 0 bridgehead atoms. The summed E-state index contributed by atoms with van der Waals surface area (Å²) in [5.74, 6) is -0.321. The summed E-state index contributed by atoms with van der Waals surface area (Å²) in [6.45, 7) is 7.48. The number of carbonyl (C=O) groups excluding carboxylic acids is 2. The van der Waals surface area contributed by atoms with E-state index in [0.29, 0.717) is 0 Å². The summed E-state index contributed by atoms with van der Waals surface area (Å²) < 4.78 is 0. The van der Waals surface area contributed by atoms with Crippen LogP contribution in [0.5, 0.6) is 0 Å². The lowest BCUT2D eigenvalue weighted by Crippen LogP contribution is -2.38. The van der Waals surface area contributed by atoms with E-state index in [4.69, 9.17) is 0 Å². The number of nitrogens with zero attached hydrogens (tertiary/aromatic N) is 1. The molecule has 1 atom stereocenters. The summed E-state index contributed by atoms with van der Waals surface area (Å²) in [5.41, 5.74) is 4.05. The quantitative estimate of drug-likeness (QED) is 0.908. The first-order chi connectivity index (χ1) is 11.4. The van der Waals surface area contributed by atoms with Gasteiger partial charge < -0.3 is 10.2 Å². The zero-order valence-electron chi connectivity index (χ0n) is 14.7. The maximum atomic E-state index is 12.4. The molecule has 1 N–H and O–H groups in total. The number of hydrogen-bond donors (Lipinski definition) is 1. The highest BCUT2D eigenvalue weighted by Crippen LogP contribution is 2.20. The molecule has 2 aromatic carbocycles. The summed E-state index contributed by atoms with van der Waals surface area (Å²) in [7, 11) is 0. The molecule has 0 aliphatic carbocycles. The number of anilines is 1. The Morgan fingerprint density at radius 2 is 1.71 bits per heavy atom. The first-order valence-corrected chi connectivity index (χ1v) is 8.07. The molecule has 2 amide bonds. The van der Waals surface area contributed by atoms with Crippen LogP contribution in [0.25, 0.3) is 0 Å². The Morgan fingerprint density at radius 3 is 2.29 bits per heavy atom. The van der Waals surface area contributed by atoms with Crippen LogP contribution in [-0.4, -0.2) is 23.3 Å². The van der Waals surface area contributed by atoms with Crippen LogP contribution < -0.4 is 5.32 Å². The molecule has 0 radical (unpaired) electrons. The number of hydrogen-bond acceptors (Lipinski definition) is 2. The van der Waals surface area contributed by atoms with Crippen LogP contribution in [0.15, 0.2) is 48.5 Å². The van der Waals surface area contributed by atoms with E-state index in [1.54, 1.807) is 4.90 Å². The van der Waals surface area contributed by atoms with Crippen LogP contribution in [0.4, 0.5) is 5.69 Å². The van der Waals surface area contributed by atoms with Crippen LogP contribution in [0, 0.1) is 13.8 Å². The molecule has 0 aliphatic heterocycles. The zero-order chi connectivity index (χ0) is 17.7. The van der Waals surface area contributed by atoms with Crippen molar-refractivity contribution in [2.75, 3.05) is 11.9 Å². The lowest BCUT2D eigenvalue weighted by Gasteiger charge is -2.28. The van der Waals surface area contributed by atoms with Crippen molar-refractivity contribution in [3.63, 3.8) is 0 Å². The van der Waals surface area contributed by atoms with Gasteiger partial charge in [0.2, 0.25) is 11.8 Å². The van der Waals surface area contributed by atoms with Crippen molar-refractivity contribution >= 4 is 17.5 Å². The van der Waals surface area contributed by atoms with Crippen LogP contribution in [0.2, 0.25) is 0 Å². The monoisotopic (exact) mass is 324 g/mol. The Morgan fingerprint density at radius 1 is 1.04 bits per heavy atom. The molecule has 2 aromatic rings. The Bertz CT molecular complexity index is 726. The van der Waals surface area contributed by atoms with Crippen LogP contribution in [0.3, 0.4) is 0 Å². The number of amides is 2. The molecule has 0 aromatic heterocycles. The Labute approximate surface area is 143 Å². The van der Waals surface area contributed by atoms with Gasteiger partial charge in [-0.3, -0.25) is 9.59 Å². The Balaban J connectivity index is 2.08. The minimum atomic E-state index is -0.198. The van der Waals surface area contributed by atoms with Gasteiger partial charge in [-0.05, 0) is 49.6 Å². The van der Waals surface area contributed by atoms with Crippen molar-refractivity contribution in [3.8, 4) is 0 Å². The van der Waals surface area contributed by atoms with E-state index < -0.39 is 0 Å². The van der Waals surface area contributed by atoms with E-state index in [9.17, 15) is 9.59 Å². The normalized spacial score (nSPS) is 11.7. The van der Waals surface area contributed by atoms with Gasteiger partial charge in [-0.15, -0.1) is 0 Å². The molecule has 0 fully saturated rings. The molecular formula is C20H24N2O2. The molecule has 126 valence electrons. The minimum absolute atomic E-state index is 0.0261. The number of aryl methyl sites for hydroxylation is 2. The molecule has 2 rings (SSSR count). The van der Waals surface area contributed by atoms with Crippen molar-refractivity contribution in [3.05, 3.63) is 65.2 Å². The van der Waals surface area contributed by atoms with Gasteiger partial charge in [0, 0.05) is 12.6 Å². The largest absolute Gasteiger partial charge is 0.327 e. The van der Waals surface area contributed by atoms with Gasteiger partial charge in [-0.1, -0.05) is 36.4 Å². The zero-order valence-corrected chi connectivity index (χ0v) is 14.7. The fourth-order valence-electron chi connectivity index (χ4n) is 2.61. The van der Waals surface area contributed by atoms with Gasteiger partial charge in [0.05, 0.1) is 6.04 Å². The van der Waals surface area contributed by atoms with Gasteiger partial charge in [0.15, 0.2) is 0 Å². The topological polar surface area (TPSA) is 49.4 Å². The second-order valence-corrected chi connectivity index (χ2v) is 6.08. The van der Waals surface area contributed by atoms with Gasteiger partial charge in [0.1, 0.15) is 6.54 Å². The summed E-state index contributed by atoms with van der Waals surface area (Å²) in [6, 6.07) is 15.3. The maximum absolute atomic E-state index is 12.4. The molecule has 24 heavy (non-hydrogen) atoms. The summed E-state index contributed by atoms with van der Waals surface area (Å²) in [5, 5.41) is 2.87. The van der Waals surface area contributed by atoms with Crippen molar-refractivity contribution < 1.29 is 9.59 Å². The number of benzene rings is 2. The molecular weight excluding hydrogens is 300 g/mol. The van der Waals surface area contributed by atoms with Gasteiger partial charge in [-0.25, -0.2) is 0 Å². The second-order valence-electron chi connectivity index (χ2n) is 6.08. The molecule has 1 unspecified atom stereocenters. The van der Waals surface area contributed by atoms with Crippen molar-refractivity contribution in [2.45, 2.75) is 33.7 Å². The lowest BCUT2D eigenvalue weighted by molar-refractivity contribution is -0.134. The number of nitrogens with one attached hydrogen (secondary N) is 1. The fourth-order valence-corrected chi connectivity index (χ4v) is 2.61. The fraction of sp³-hybridized carbons (Fsp3) is 0.300. The second kappa shape index (κ2) is 7.77. The highest BCUT2D eigenvalue weighted by atomic mass is 16.2. The summed E-state index contributed by atoms with van der Waals surface area (Å²) in [4.78, 5) is 25.9. The highest BCUT2D eigenvalue weighted by Gasteiger charge is 2.21. The van der Waals surface area contributed by atoms with Crippen molar-refractivity contribution in [1.82, 2.24) is 4.90 Å². The predicted molar refractivity (Wildman–Crippen MR) is 96.8 cm³/mol. The third kappa shape index (κ3) is 4.44. The Kier molecular flexibility index (Phi) is 5.74. The molecule has 0 spiro atoms. The van der Waals surface area contributed by atoms with Gasteiger partial charge in [-0.2, -0.15) is 0 Å². The third-order valence-electron chi connectivity index (χ3n) is 4.26. The molecule has 4 heteroatoms. The predicted octanol–water partition coefficient (Wildman–Crippen LogP) is 3.85. The smallest absolute Gasteiger partial charge is 0.244 e. The first kappa shape index (κ1) is 17.7. The number of rotatable bonds is 5. The lowest BCUT2D eigenvalue weighted by atomic mass is 10.1. The van der Waals surface area contributed by atoms with E-state index in [2.05, 4.69) is 5.32 Å². The van der Waals surface area contributed by atoms with Crippen molar-refractivity contribution in [2.24, 2.45) is 0 Å². The summed E-state index contributed by atoms with van der Waals surface area (Å²) >= 11 is 0. The Hall–Kier alpha value is -2.62. The summed E-state index contributed by atoms with van der Waals surface area (Å²) in [6.07, 6.45) is 0. The SMILES string of the molecule is CC(=O)N(CC(=O)Nc1ccc(C)c(C)c1)C(C)c1ccccc1. The molecule has 0 aliphatic rings. The average molecular weight is 324 g/mol. The van der Waals surface area contributed by atoms with Gasteiger partial charge >= 0.3 is 0 Å². The molecule has 0 heterocycles. The number of carbonyl (C=O) groups is 2. The van der Waals surface area contributed by atoms with Crippen LogP contribution >= 0.6 is 0 Å². The van der Waals surface area contributed by atoms with Crippen LogP contribution in [0.1, 0.15) is 36.6 Å². The first-order valence-electron chi connectivity index (χ1n) is 8.07.